The minimum Gasteiger partial charge on any atom is -0.496 e. The van der Waals surface area contributed by atoms with Crippen LogP contribution >= 0.6 is 0 Å². The summed E-state index contributed by atoms with van der Waals surface area (Å²) in [4.78, 5) is 12.7. The van der Waals surface area contributed by atoms with E-state index in [1.165, 1.54) is 16.7 Å². The number of hydrogen-bond donors (Lipinski definition) is 0. The van der Waals surface area contributed by atoms with Gasteiger partial charge in [0.1, 0.15) is 0 Å². The summed E-state index contributed by atoms with van der Waals surface area (Å²) in [5.41, 5.74) is 3.91. The van der Waals surface area contributed by atoms with Gasteiger partial charge in [0, 0.05) is 11.8 Å². The molecule has 0 bridgehead atoms. The third-order valence-corrected chi connectivity index (χ3v) is 7.55. The quantitative estimate of drug-likeness (QED) is 0.426. The first-order valence-corrected chi connectivity index (χ1v) is 11.2. The molecule has 4 heteroatoms. The van der Waals surface area contributed by atoms with Crippen LogP contribution in [-0.2, 0) is 20.7 Å². The SMILES string of the molecule is COC1=C(C)C(=O)O[C@@]12[C@H]1[C@H](CC[C@@H]1C)C(C)=C[C@@H]2/C=C(\C)CCCc1ccoc1. The molecule has 4 nitrogen and oxygen atoms in total. The van der Waals surface area contributed by atoms with Crippen molar-refractivity contribution in [2.75, 3.05) is 7.11 Å². The standard InChI is InChI=1S/C26H34O4/c1-16(7-6-8-20-11-12-29-15-20)13-21-14-18(3)22-10-9-17(2)23(22)26(21)24(28-5)19(4)25(27)30-26/h11-15,17,21-23H,6-10H2,1-5H3/b16-13+/t17-,21-,22+,23+,26-/m0/s1. The molecule has 0 amide bonds. The monoisotopic (exact) mass is 410 g/mol. The Morgan fingerprint density at radius 1 is 1.33 bits per heavy atom. The van der Waals surface area contributed by atoms with Crippen molar-refractivity contribution in [3.8, 4) is 0 Å². The molecule has 1 aliphatic heterocycles. The number of methoxy groups -OCH3 is 1. The summed E-state index contributed by atoms with van der Waals surface area (Å²) < 4.78 is 17.3. The fourth-order valence-electron chi connectivity index (χ4n) is 6.16. The largest absolute Gasteiger partial charge is 0.496 e. The van der Waals surface area contributed by atoms with Crippen LogP contribution < -0.4 is 0 Å². The van der Waals surface area contributed by atoms with E-state index in [9.17, 15) is 4.79 Å². The first-order valence-electron chi connectivity index (χ1n) is 11.2. The van der Waals surface area contributed by atoms with Gasteiger partial charge in [-0.2, -0.15) is 0 Å². The molecule has 2 heterocycles. The van der Waals surface area contributed by atoms with Crippen LogP contribution in [0.25, 0.3) is 0 Å². The summed E-state index contributed by atoms with van der Waals surface area (Å²) in [7, 11) is 1.68. The number of furan rings is 1. The number of fused-ring (bicyclic) bond motifs is 2. The Balaban J connectivity index is 1.67. The highest BCUT2D eigenvalue weighted by molar-refractivity contribution is 5.92. The second-order valence-corrected chi connectivity index (χ2v) is 9.46. The van der Waals surface area contributed by atoms with Crippen LogP contribution in [-0.4, -0.2) is 18.7 Å². The lowest BCUT2D eigenvalue weighted by Crippen LogP contribution is -2.52. The summed E-state index contributed by atoms with van der Waals surface area (Å²) in [6.45, 7) is 8.58. The summed E-state index contributed by atoms with van der Waals surface area (Å²) in [5, 5.41) is 0. The minimum atomic E-state index is -0.707. The number of rotatable bonds is 6. The van der Waals surface area contributed by atoms with Gasteiger partial charge in [-0.3, -0.25) is 0 Å². The normalized spacial score (nSPS) is 33.7. The third-order valence-electron chi connectivity index (χ3n) is 7.55. The van der Waals surface area contributed by atoms with Crippen molar-refractivity contribution in [3.63, 3.8) is 0 Å². The van der Waals surface area contributed by atoms with E-state index in [0.717, 1.165) is 37.9 Å². The molecular formula is C26H34O4. The molecule has 162 valence electrons. The molecule has 1 saturated carbocycles. The van der Waals surface area contributed by atoms with Crippen LogP contribution in [0.4, 0.5) is 0 Å². The maximum absolute atomic E-state index is 12.7. The van der Waals surface area contributed by atoms with Gasteiger partial charge >= 0.3 is 5.97 Å². The second-order valence-electron chi connectivity index (χ2n) is 9.46. The Hall–Kier alpha value is -2.23. The number of carbonyl (C=O) groups excluding carboxylic acids is 1. The molecule has 0 unspecified atom stereocenters. The maximum Gasteiger partial charge on any atom is 0.338 e. The molecule has 2 aliphatic carbocycles. The molecular weight excluding hydrogens is 376 g/mol. The highest BCUT2D eigenvalue weighted by Crippen LogP contribution is 2.59. The van der Waals surface area contributed by atoms with Crippen LogP contribution in [0.2, 0.25) is 0 Å². The smallest absolute Gasteiger partial charge is 0.338 e. The van der Waals surface area contributed by atoms with Gasteiger partial charge in [-0.25, -0.2) is 4.79 Å². The first-order chi connectivity index (χ1) is 14.4. The topological polar surface area (TPSA) is 48.7 Å². The van der Waals surface area contributed by atoms with Gasteiger partial charge in [0.05, 0.1) is 25.2 Å². The summed E-state index contributed by atoms with van der Waals surface area (Å²) in [5.74, 6) is 1.72. The zero-order valence-electron chi connectivity index (χ0n) is 18.9. The molecule has 0 radical (unpaired) electrons. The van der Waals surface area contributed by atoms with Crippen LogP contribution in [0.5, 0.6) is 0 Å². The van der Waals surface area contributed by atoms with E-state index in [4.69, 9.17) is 13.9 Å². The highest BCUT2D eigenvalue weighted by Gasteiger charge is 2.63. The molecule has 3 aliphatic rings. The molecule has 5 atom stereocenters. The number of ether oxygens (including phenoxy) is 2. The predicted octanol–water partition coefficient (Wildman–Crippen LogP) is 6.00. The van der Waals surface area contributed by atoms with Crippen LogP contribution in [0.1, 0.15) is 58.9 Å². The van der Waals surface area contributed by atoms with E-state index in [-0.39, 0.29) is 17.8 Å². The maximum atomic E-state index is 12.7. The van der Waals surface area contributed by atoms with Crippen LogP contribution in [0.15, 0.2) is 57.6 Å². The Kier molecular flexibility index (Phi) is 5.69. The summed E-state index contributed by atoms with van der Waals surface area (Å²) >= 11 is 0. The van der Waals surface area contributed by atoms with Crippen molar-refractivity contribution >= 4 is 5.97 Å². The van der Waals surface area contributed by atoms with Gasteiger partial charge in [-0.05, 0) is 76.3 Å². The molecule has 1 fully saturated rings. The molecule has 30 heavy (non-hydrogen) atoms. The minimum absolute atomic E-state index is 0.00424. The zero-order valence-corrected chi connectivity index (χ0v) is 18.9. The zero-order chi connectivity index (χ0) is 21.5. The first kappa shape index (κ1) is 21.0. The fourth-order valence-corrected chi connectivity index (χ4v) is 6.16. The van der Waals surface area contributed by atoms with Crippen molar-refractivity contribution in [2.24, 2.45) is 23.7 Å². The molecule has 0 N–H and O–H groups in total. The van der Waals surface area contributed by atoms with E-state index >= 15 is 0 Å². The molecule has 4 rings (SSSR count). The lowest BCUT2D eigenvalue weighted by molar-refractivity contribution is -0.161. The Bertz CT molecular complexity index is 888. The molecule has 1 spiro atoms. The summed E-state index contributed by atoms with van der Waals surface area (Å²) in [6, 6.07) is 2.03. The fraction of sp³-hybridized carbons (Fsp3) is 0.577. The van der Waals surface area contributed by atoms with Gasteiger partial charge < -0.3 is 13.9 Å². The van der Waals surface area contributed by atoms with E-state index in [2.05, 4.69) is 32.9 Å². The number of carbonyl (C=O) groups is 1. The average Bonchev–Trinajstić information content (AvgIpc) is 3.41. The van der Waals surface area contributed by atoms with Crippen molar-refractivity contribution in [3.05, 3.63) is 58.8 Å². The average molecular weight is 411 g/mol. The van der Waals surface area contributed by atoms with Gasteiger partial charge in [-0.15, -0.1) is 0 Å². The van der Waals surface area contributed by atoms with Gasteiger partial charge in [0.25, 0.3) is 0 Å². The molecule has 0 saturated heterocycles. The van der Waals surface area contributed by atoms with Crippen LogP contribution in [0, 0.1) is 23.7 Å². The predicted molar refractivity (Wildman–Crippen MR) is 117 cm³/mol. The van der Waals surface area contributed by atoms with Gasteiger partial charge in [0.2, 0.25) is 0 Å². The van der Waals surface area contributed by atoms with Crippen molar-refractivity contribution in [1.82, 2.24) is 0 Å². The number of hydrogen-bond acceptors (Lipinski definition) is 4. The molecule has 1 aromatic heterocycles. The Morgan fingerprint density at radius 2 is 2.13 bits per heavy atom. The van der Waals surface area contributed by atoms with Crippen LogP contribution in [0.3, 0.4) is 0 Å². The van der Waals surface area contributed by atoms with Gasteiger partial charge in [0.15, 0.2) is 11.4 Å². The van der Waals surface area contributed by atoms with Gasteiger partial charge in [-0.1, -0.05) is 30.2 Å². The lowest BCUT2D eigenvalue weighted by atomic mass is 9.62. The number of aryl methyl sites for hydroxylation is 1. The van der Waals surface area contributed by atoms with E-state index < -0.39 is 5.60 Å². The van der Waals surface area contributed by atoms with Crippen molar-refractivity contribution in [1.29, 1.82) is 0 Å². The Labute approximate surface area is 180 Å². The number of allylic oxidation sites excluding steroid dienone is 2. The Morgan fingerprint density at radius 3 is 2.83 bits per heavy atom. The van der Waals surface area contributed by atoms with E-state index in [0.29, 0.717) is 17.4 Å². The molecule has 0 aromatic carbocycles. The van der Waals surface area contributed by atoms with E-state index in [1.54, 1.807) is 13.4 Å². The summed E-state index contributed by atoms with van der Waals surface area (Å²) in [6.07, 6.45) is 13.6. The highest BCUT2D eigenvalue weighted by atomic mass is 16.6. The molecule has 1 aromatic rings. The van der Waals surface area contributed by atoms with Crippen molar-refractivity contribution < 1.29 is 18.7 Å². The third kappa shape index (κ3) is 3.34. The lowest BCUT2D eigenvalue weighted by Gasteiger charge is -2.47. The van der Waals surface area contributed by atoms with Crippen molar-refractivity contribution in [2.45, 2.75) is 65.4 Å². The number of esters is 1. The second kappa shape index (κ2) is 8.13. The van der Waals surface area contributed by atoms with E-state index in [1.807, 2.05) is 19.3 Å².